The lowest BCUT2D eigenvalue weighted by molar-refractivity contribution is 0.0759. The molecular formula is C17H27NO3. The van der Waals surface area contributed by atoms with Gasteiger partial charge in [-0.2, -0.15) is 0 Å². The number of rotatable bonds is 8. The second kappa shape index (κ2) is 8.25. The molecule has 0 bridgehead atoms. The molecule has 0 radical (unpaired) electrons. The van der Waals surface area contributed by atoms with Crippen LogP contribution < -0.4 is 14.8 Å². The van der Waals surface area contributed by atoms with Crippen LogP contribution in [0.25, 0.3) is 0 Å². The fourth-order valence-corrected chi connectivity index (χ4v) is 2.31. The third-order valence-electron chi connectivity index (χ3n) is 3.54. The first-order valence-electron chi connectivity index (χ1n) is 7.91. The third-order valence-corrected chi connectivity index (χ3v) is 3.54. The maximum Gasteiger partial charge on any atom is 0.161 e. The molecule has 1 aliphatic heterocycles. The maximum absolute atomic E-state index is 5.62. The van der Waals surface area contributed by atoms with Gasteiger partial charge in [0.05, 0.1) is 6.10 Å². The Kier molecular flexibility index (Phi) is 6.33. The van der Waals surface area contributed by atoms with Crippen molar-refractivity contribution in [3.63, 3.8) is 0 Å². The number of hydrogen-bond acceptors (Lipinski definition) is 4. The third kappa shape index (κ3) is 5.21. The molecule has 0 fully saturated rings. The van der Waals surface area contributed by atoms with E-state index in [0.717, 1.165) is 37.5 Å². The van der Waals surface area contributed by atoms with Crippen LogP contribution in [0, 0.1) is 0 Å². The minimum Gasteiger partial charge on any atom is -0.486 e. The van der Waals surface area contributed by atoms with E-state index in [9.17, 15) is 0 Å². The lowest BCUT2D eigenvalue weighted by atomic mass is 10.1. The highest BCUT2D eigenvalue weighted by atomic mass is 16.6. The van der Waals surface area contributed by atoms with Crippen molar-refractivity contribution in [2.75, 3.05) is 26.4 Å². The van der Waals surface area contributed by atoms with Crippen molar-refractivity contribution >= 4 is 0 Å². The molecule has 0 spiro atoms. The molecule has 1 aromatic carbocycles. The van der Waals surface area contributed by atoms with Gasteiger partial charge in [-0.15, -0.1) is 0 Å². The summed E-state index contributed by atoms with van der Waals surface area (Å²) in [7, 11) is 0. The van der Waals surface area contributed by atoms with Gasteiger partial charge in [-0.05, 0) is 57.9 Å². The van der Waals surface area contributed by atoms with Crippen LogP contribution in [0.1, 0.15) is 45.2 Å². The highest BCUT2D eigenvalue weighted by molar-refractivity contribution is 5.44. The molecule has 0 saturated heterocycles. The van der Waals surface area contributed by atoms with Crippen LogP contribution in [-0.2, 0) is 4.74 Å². The summed E-state index contributed by atoms with van der Waals surface area (Å²) < 4.78 is 16.7. The number of benzene rings is 1. The lowest BCUT2D eigenvalue weighted by Gasteiger charge is -2.21. The Balaban J connectivity index is 1.72. The molecule has 4 heteroatoms. The molecule has 0 saturated carbocycles. The van der Waals surface area contributed by atoms with Gasteiger partial charge in [-0.3, -0.25) is 0 Å². The van der Waals surface area contributed by atoms with Crippen molar-refractivity contribution in [1.82, 2.24) is 5.32 Å². The molecule has 1 atom stereocenters. The van der Waals surface area contributed by atoms with Crippen molar-refractivity contribution in [1.29, 1.82) is 0 Å². The molecule has 2 rings (SSSR count). The van der Waals surface area contributed by atoms with Crippen molar-refractivity contribution in [2.24, 2.45) is 0 Å². The largest absolute Gasteiger partial charge is 0.486 e. The summed E-state index contributed by atoms with van der Waals surface area (Å²) in [6.07, 6.45) is 2.55. The van der Waals surface area contributed by atoms with Gasteiger partial charge in [0.1, 0.15) is 13.2 Å². The monoisotopic (exact) mass is 293 g/mol. The summed E-state index contributed by atoms with van der Waals surface area (Å²) in [5, 5.41) is 3.54. The first kappa shape index (κ1) is 16.1. The number of hydrogen-bond donors (Lipinski definition) is 1. The van der Waals surface area contributed by atoms with Gasteiger partial charge in [-0.1, -0.05) is 6.07 Å². The van der Waals surface area contributed by atoms with E-state index >= 15 is 0 Å². The Morgan fingerprint density at radius 2 is 1.86 bits per heavy atom. The highest BCUT2D eigenvalue weighted by Gasteiger charge is 2.14. The average molecular weight is 293 g/mol. The summed E-state index contributed by atoms with van der Waals surface area (Å²) >= 11 is 0. The predicted molar refractivity (Wildman–Crippen MR) is 84.2 cm³/mol. The van der Waals surface area contributed by atoms with E-state index in [-0.39, 0.29) is 0 Å². The number of fused-ring (bicyclic) bond motifs is 1. The van der Waals surface area contributed by atoms with Gasteiger partial charge in [0, 0.05) is 12.6 Å². The minimum absolute atomic E-state index is 0.312. The minimum atomic E-state index is 0.312. The Labute approximate surface area is 127 Å². The van der Waals surface area contributed by atoms with Crippen LogP contribution in [0.3, 0.4) is 0 Å². The van der Waals surface area contributed by atoms with Gasteiger partial charge < -0.3 is 19.5 Å². The molecule has 1 aliphatic rings. The molecule has 1 aromatic rings. The summed E-state index contributed by atoms with van der Waals surface area (Å²) in [5.74, 6) is 1.71. The fraction of sp³-hybridized carbons (Fsp3) is 0.647. The van der Waals surface area contributed by atoms with Gasteiger partial charge in [0.15, 0.2) is 11.5 Å². The zero-order valence-corrected chi connectivity index (χ0v) is 13.4. The summed E-state index contributed by atoms with van der Waals surface area (Å²) in [5.41, 5.74) is 1.23. The number of ether oxygens (including phenoxy) is 3. The zero-order chi connectivity index (χ0) is 15.1. The summed E-state index contributed by atoms with van der Waals surface area (Å²) in [6.45, 7) is 9.43. The SMILES string of the molecule is CC(C)OCCCCNC(C)c1ccc2c(c1)OCCO2. The number of unbranched alkanes of at least 4 members (excludes halogenated alkanes) is 1. The van der Waals surface area contributed by atoms with Crippen molar-refractivity contribution in [2.45, 2.75) is 45.8 Å². The first-order valence-corrected chi connectivity index (χ1v) is 7.91. The molecule has 4 nitrogen and oxygen atoms in total. The summed E-state index contributed by atoms with van der Waals surface area (Å²) in [4.78, 5) is 0. The number of nitrogens with one attached hydrogen (secondary N) is 1. The maximum atomic E-state index is 5.62. The Hall–Kier alpha value is -1.26. The van der Waals surface area contributed by atoms with Crippen LogP contribution in [0.15, 0.2) is 18.2 Å². The van der Waals surface area contributed by atoms with E-state index in [4.69, 9.17) is 14.2 Å². The molecule has 0 amide bonds. The topological polar surface area (TPSA) is 39.7 Å². The van der Waals surface area contributed by atoms with E-state index in [1.165, 1.54) is 5.56 Å². The van der Waals surface area contributed by atoms with Crippen LogP contribution in [0.5, 0.6) is 11.5 Å². The molecule has 1 heterocycles. The fourth-order valence-electron chi connectivity index (χ4n) is 2.31. The molecular weight excluding hydrogens is 266 g/mol. The van der Waals surface area contributed by atoms with E-state index in [0.29, 0.717) is 25.4 Å². The van der Waals surface area contributed by atoms with Crippen LogP contribution >= 0.6 is 0 Å². The second-order valence-electron chi connectivity index (χ2n) is 5.71. The van der Waals surface area contributed by atoms with E-state index in [1.807, 2.05) is 6.07 Å². The Morgan fingerprint density at radius 1 is 1.10 bits per heavy atom. The van der Waals surface area contributed by atoms with Gasteiger partial charge in [0.2, 0.25) is 0 Å². The normalized spacial score (nSPS) is 15.2. The van der Waals surface area contributed by atoms with E-state index < -0.39 is 0 Å². The Bertz CT molecular complexity index is 434. The van der Waals surface area contributed by atoms with E-state index in [1.54, 1.807) is 0 Å². The smallest absolute Gasteiger partial charge is 0.161 e. The second-order valence-corrected chi connectivity index (χ2v) is 5.71. The summed E-state index contributed by atoms with van der Waals surface area (Å²) in [6, 6.07) is 6.49. The quantitative estimate of drug-likeness (QED) is 0.746. The molecule has 21 heavy (non-hydrogen) atoms. The van der Waals surface area contributed by atoms with Crippen LogP contribution in [-0.4, -0.2) is 32.5 Å². The molecule has 0 aromatic heterocycles. The molecule has 118 valence electrons. The first-order chi connectivity index (χ1) is 10.2. The zero-order valence-electron chi connectivity index (χ0n) is 13.4. The van der Waals surface area contributed by atoms with Crippen molar-refractivity contribution in [3.8, 4) is 11.5 Å². The standard InChI is InChI=1S/C17H27NO3/c1-13(2)19-9-5-4-8-18-14(3)15-6-7-16-17(12-15)21-11-10-20-16/h6-7,12-14,18H,4-5,8-11H2,1-3H3. The van der Waals surface area contributed by atoms with E-state index in [2.05, 4.69) is 38.2 Å². The van der Waals surface area contributed by atoms with Gasteiger partial charge >= 0.3 is 0 Å². The molecule has 1 unspecified atom stereocenters. The Morgan fingerprint density at radius 3 is 2.62 bits per heavy atom. The lowest BCUT2D eigenvalue weighted by Crippen LogP contribution is -2.21. The van der Waals surface area contributed by atoms with Crippen molar-refractivity contribution < 1.29 is 14.2 Å². The van der Waals surface area contributed by atoms with Crippen LogP contribution in [0.2, 0.25) is 0 Å². The van der Waals surface area contributed by atoms with Gasteiger partial charge in [0.25, 0.3) is 0 Å². The highest BCUT2D eigenvalue weighted by Crippen LogP contribution is 2.32. The molecule has 1 N–H and O–H groups in total. The predicted octanol–water partition coefficient (Wildman–Crippen LogP) is 3.31. The molecule has 0 aliphatic carbocycles. The van der Waals surface area contributed by atoms with Crippen LogP contribution in [0.4, 0.5) is 0 Å². The van der Waals surface area contributed by atoms with Crippen molar-refractivity contribution in [3.05, 3.63) is 23.8 Å². The van der Waals surface area contributed by atoms with Gasteiger partial charge in [-0.25, -0.2) is 0 Å². The average Bonchev–Trinajstić information content (AvgIpc) is 2.49.